The van der Waals surface area contributed by atoms with Crippen LogP contribution in [0.15, 0.2) is 0 Å². The molecule has 0 N–H and O–H groups in total. The van der Waals surface area contributed by atoms with Crippen molar-refractivity contribution in [1.29, 1.82) is 0 Å². The third-order valence-corrected chi connectivity index (χ3v) is 3.33. The fourth-order valence-electron chi connectivity index (χ4n) is 2.78. The van der Waals surface area contributed by atoms with E-state index in [0.717, 1.165) is 5.41 Å². The van der Waals surface area contributed by atoms with Gasteiger partial charge in [-0.25, -0.2) is 0 Å². The van der Waals surface area contributed by atoms with E-state index in [1.807, 2.05) is 0 Å². The molecule has 2 fully saturated rings. The molecule has 0 heteroatoms. The summed E-state index contributed by atoms with van der Waals surface area (Å²) < 4.78 is 0. The van der Waals surface area contributed by atoms with E-state index in [9.17, 15) is 0 Å². The molecule has 0 saturated heterocycles. The molecular formula is C9H16. The third-order valence-electron chi connectivity index (χ3n) is 3.33. The topological polar surface area (TPSA) is 0 Å². The molecule has 0 aromatic carbocycles. The van der Waals surface area contributed by atoms with Crippen LogP contribution in [0.3, 0.4) is 0 Å². The Labute approximate surface area is 57.6 Å². The van der Waals surface area contributed by atoms with Crippen molar-refractivity contribution in [2.75, 3.05) is 0 Å². The lowest BCUT2D eigenvalue weighted by Crippen LogP contribution is -1.95. The van der Waals surface area contributed by atoms with Crippen LogP contribution >= 0.6 is 0 Å². The van der Waals surface area contributed by atoms with Crippen molar-refractivity contribution in [3.8, 4) is 0 Å². The minimum atomic E-state index is 0.911. The molecule has 0 nitrogen and oxygen atoms in total. The standard InChI is InChI=1S/C9H16/c1-2-5-9-6-3-4-8(9)7-9/h8H,2-7H2,1H3. The Morgan fingerprint density at radius 2 is 2.44 bits per heavy atom. The van der Waals surface area contributed by atoms with Gasteiger partial charge in [0.25, 0.3) is 0 Å². The maximum absolute atomic E-state index is 2.32. The van der Waals surface area contributed by atoms with Crippen LogP contribution in [0.1, 0.15) is 45.4 Å². The van der Waals surface area contributed by atoms with Crippen LogP contribution in [0.25, 0.3) is 0 Å². The molecule has 0 spiro atoms. The van der Waals surface area contributed by atoms with Gasteiger partial charge in [0.15, 0.2) is 0 Å². The highest BCUT2D eigenvalue weighted by molar-refractivity contribution is 5.05. The first-order valence-electron chi connectivity index (χ1n) is 4.37. The molecule has 2 aliphatic rings. The van der Waals surface area contributed by atoms with Crippen molar-refractivity contribution in [2.45, 2.75) is 45.4 Å². The van der Waals surface area contributed by atoms with Crippen molar-refractivity contribution in [3.63, 3.8) is 0 Å². The van der Waals surface area contributed by atoms with Crippen LogP contribution in [0.2, 0.25) is 0 Å². The van der Waals surface area contributed by atoms with Crippen LogP contribution in [-0.4, -0.2) is 0 Å². The smallest absolute Gasteiger partial charge is 0.0266 e. The minimum Gasteiger partial charge on any atom is -0.0654 e. The van der Waals surface area contributed by atoms with Gasteiger partial charge in [-0.05, 0) is 37.0 Å². The largest absolute Gasteiger partial charge is 0.0654 e. The maximum atomic E-state index is 2.32. The second-order valence-corrected chi connectivity index (χ2v) is 3.91. The summed E-state index contributed by atoms with van der Waals surface area (Å²) in [5, 5.41) is 0. The average molecular weight is 124 g/mol. The lowest BCUT2D eigenvalue weighted by atomic mass is 9.98. The van der Waals surface area contributed by atoms with E-state index in [0.29, 0.717) is 0 Å². The summed E-state index contributed by atoms with van der Waals surface area (Å²) in [5.41, 5.74) is 0.911. The van der Waals surface area contributed by atoms with Crippen LogP contribution in [-0.2, 0) is 0 Å². The Hall–Kier alpha value is 0. The molecule has 0 radical (unpaired) electrons. The molecular weight excluding hydrogens is 108 g/mol. The molecule has 0 aromatic heterocycles. The Morgan fingerprint density at radius 1 is 1.56 bits per heavy atom. The summed E-state index contributed by atoms with van der Waals surface area (Å²) in [4.78, 5) is 0. The van der Waals surface area contributed by atoms with E-state index >= 15 is 0 Å². The second-order valence-electron chi connectivity index (χ2n) is 3.91. The molecule has 2 atom stereocenters. The molecule has 9 heavy (non-hydrogen) atoms. The summed E-state index contributed by atoms with van der Waals surface area (Å²) in [6.45, 7) is 2.32. The number of rotatable bonds is 2. The van der Waals surface area contributed by atoms with Gasteiger partial charge in [-0.15, -0.1) is 0 Å². The van der Waals surface area contributed by atoms with Gasteiger partial charge in [0.05, 0.1) is 0 Å². The first-order chi connectivity index (χ1) is 4.37. The number of hydrogen-bond acceptors (Lipinski definition) is 0. The normalized spacial score (nSPS) is 47.0. The lowest BCUT2D eigenvalue weighted by molar-refractivity contribution is 0.440. The summed E-state index contributed by atoms with van der Waals surface area (Å²) in [5.74, 6) is 1.18. The number of fused-ring (bicyclic) bond motifs is 1. The zero-order chi connectivity index (χ0) is 6.32. The van der Waals surface area contributed by atoms with Gasteiger partial charge >= 0.3 is 0 Å². The quantitative estimate of drug-likeness (QED) is 0.531. The fraction of sp³-hybridized carbons (Fsp3) is 1.00. The van der Waals surface area contributed by atoms with Crippen LogP contribution in [0.4, 0.5) is 0 Å². The molecule has 0 amide bonds. The fourth-order valence-corrected chi connectivity index (χ4v) is 2.78. The van der Waals surface area contributed by atoms with E-state index in [4.69, 9.17) is 0 Å². The Balaban J connectivity index is 1.95. The molecule has 2 aliphatic carbocycles. The molecule has 2 rings (SSSR count). The van der Waals surface area contributed by atoms with E-state index in [2.05, 4.69) is 6.92 Å². The van der Waals surface area contributed by atoms with E-state index in [1.54, 1.807) is 19.3 Å². The second kappa shape index (κ2) is 1.74. The van der Waals surface area contributed by atoms with Gasteiger partial charge in [-0.1, -0.05) is 19.8 Å². The molecule has 0 heterocycles. The maximum Gasteiger partial charge on any atom is -0.0266 e. The highest BCUT2D eigenvalue weighted by atomic mass is 14.6. The third kappa shape index (κ3) is 0.720. The zero-order valence-electron chi connectivity index (χ0n) is 6.32. The molecule has 0 aromatic rings. The van der Waals surface area contributed by atoms with E-state index < -0.39 is 0 Å². The predicted molar refractivity (Wildman–Crippen MR) is 39.3 cm³/mol. The summed E-state index contributed by atoms with van der Waals surface area (Å²) in [6, 6.07) is 0. The molecule has 52 valence electrons. The molecule has 2 saturated carbocycles. The SMILES string of the molecule is CCCC12CCCC1C2. The lowest BCUT2D eigenvalue weighted by Gasteiger charge is -2.07. The van der Waals surface area contributed by atoms with Gasteiger partial charge in [0.2, 0.25) is 0 Å². The first kappa shape index (κ1) is 5.76. The Kier molecular flexibility index (Phi) is 1.12. The Bertz CT molecular complexity index is 117. The summed E-state index contributed by atoms with van der Waals surface area (Å²) in [7, 11) is 0. The molecule has 0 aliphatic heterocycles. The van der Waals surface area contributed by atoms with Crippen LogP contribution in [0.5, 0.6) is 0 Å². The minimum absolute atomic E-state index is 0.911. The highest BCUT2D eigenvalue weighted by Crippen LogP contribution is 2.65. The van der Waals surface area contributed by atoms with Crippen LogP contribution < -0.4 is 0 Å². The zero-order valence-corrected chi connectivity index (χ0v) is 6.32. The molecule has 2 unspecified atom stereocenters. The highest BCUT2D eigenvalue weighted by Gasteiger charge is 2.55. The molecule has 0 bridgehead atoms. The van der Waals surface area contributed by atoms with Crippen molar-refractivity contribution in [1.82, 2.24) is 0 Å². The predicted octanol–water partition coefficient (Wildman–Crippen LogP) is 2.98. The van der Waals surface area contributed by atoms with Crippen LogP contribution in [0, 0.1) is 11.3 Å². The van der Waals surface area contributed by atoms with Crippen molar-refractivity contribution in [2.24, 2.45) is 11.3 Å². The van der Waals surface area contributed by atoms with Gasteiger partial charge < -0.3 is 0 Å². The van der Waals surface area contributed by atoms with Crippen molar-refractivity contribution >= 4 is 0 Å². The van der Waals surface area contributed by atoms with Crippen molar-refractivity contribution < 1.29 is 0 Å². The summed E-state index contributed by atoms with van der Waals surface area (Å²) >= 11 is 0. The van der Waals surface area contributed by atoms with Gasteiger partial charge in [0, 0.05) is 0 Å². The van der Waals surface area contributed by atoms with E-state index in [1.165, 1.54) is 25.2 Å². The number of hydrogen-bond donors (Lipinski definition) is 0. The Morgan fingerprint density at radius 3 is 2.89 bits per heavy atom. The monoisotopic (exact) mass is 124 g/mol. The average Bonchev–Trinajstić information content (AvgIpc) is 2.37. The van der Waals surface area contributed by atoms with Gasteiger partial charge in [-0.2, -0.15) is 0 Å². The summed E-state index contributed by atoms with van der Waals surface area (Å²) in [6.07, 6.45) is 9.17. The first-order valence-corrected chi connectivity index (χ1v) is 4.37. The van der Waals surface area contributed by atoms with Gasteiger partial charge in [0.1, 0.15) is 0 Å². The van der Waals surface area contributed by atoms with Gasteiger partial charge in [-0.3, -0.25) is 0 Å². The van der Waals surface area contributed by atoms with Crippen molar-refractivity contribution in [3.05, 3.63) is 0 Å². The van der Waals surface area contributed by atoms with E-state index in [-0.39, 0.29) is 0 Å².